The highest BCUT2D eigenvalue weighted by Crippen LogP contribution is 2.51. The van der Waals surface area contributed by atoms with Crippen molar-refractivity contribution in [3.05, 3.63) is 137 Å². The van der Waals surface area contributed by atoms with Crippen LogP contribution < -0.4 is 15.8 Å². The van der Waals surface area contributed by atoms with E-state index in [1.54, 1.807) is 81.6 Å². The van der Waals surface area contributed by atoms with Crippen LogP contribution in [0.4, 0.5) is 26.3 Å². The Morgan fingerprint density at radius 3 is 1.43 bits per heavy atom. The molecule has 0 aliphatic carbocycles. The Labute approximate surface area is 402 Å². The van der Waals surface area contributed by atoms with Crippen LogP contribution in [0.2, 0.25) is 10.0 Å². The molecule has 0 bridgehead atoms. The minimum absolute atomic E-state index is 0.0370. The number of benzene rings is 2. The summed E-state index contributed by atoms with van der Waals surface area (Å²) in [7, 11) is 0. The van der Waals surface area contributed by atoms with E-state index in [4.69, 9.17) is 52.9 Å². The molecular weight excluding hydrogens is 1010 g/mol. The van der Waals surface area contributed by atoms with Crippen molar-refractivity contribution in [2.75, 3.05) is 33.2 Å². The van der Waals surface area contributed by atoms with Gasteiger partial charge in [0.05, 0.1) is 6.26 Å². The highest BCUT2D eigenvalue weighted by atomic mass is 35.5. The van der Waals surface area contributed by atoms with Crippen LogP contribution in [0.15, 0.2) is 91.5 Å². The summed E-state index contributed by atoms with van der Waals surface area (Å²) in [5.74, 6) is 0.174. The number of hydrogen-bond acceptors (Lipinski definition) is 12. The Kier molecular flexibility index (Phi) is 18.4. The van der Waals surface area contributed by atoms with Crippen LogP contribution in [0.3, 0.4) is 0 Å². The molecule has 0 fully saturated rings. The van der Waals surface area contributed by atoms with Gasteiger partial charge < -0.3 is 27.5 Å². The van der Waals surface area contributed by atoms with E-state index >= 15 is 0 Å². The average Bonchev–Trinajstić information content (AvgIpc) is 3.24. The number of aryl methyl sites for hydroxylation is 2. The Morgan fingerprint density at radius 2 is 1.03 bits per heavy atom. The van der Waals surface area contributed by atoms with E-state index in [0.717, 1.165) is 16.7 Å². The Balaban J connectivity index is 0.000000251. The normalized spacial score (nSPS) is 12.6. The molecule has 1 unspecified atom stereocenters. The maximum Gasteiger partial charge on any atom is 0.412 e. The molecule has 6 rings (SSSR count). The molecular formula is C45H44Cl2F6N2O8P2S2. The lowest BCUT2D eigenvalue weighted by Gasteiger charge is -2.24. The molecule has 0 saturated heterocycles. The lowest BCUT2D eigenvalue weighted by Crippen LogP contribution is -2.17. The van der Waals surface area contributed by atoms with Gasteiger partial charge in [-0.05, 0) is 125 Å². The molecule has 1 atom stereocenters. The summed E-state index contributed by atoms with van der Waals surface area (Å²) >= 11 is 22.6. The zero-order valence-corrected chi connectivity index (χ0v) is 42.2. The van der Waals surface area contributed by atoms with E-state index in [2.05, 4.69) is 26.3 Å². The second kappa shape index (κ2) is 22.4. The Morgan fingerprint density at radius 1 is 0.612 bits per heavy atom. The molecule has 67 heavy (non-hydrogen) atoms. The first-order valence-corrected chi connectivity index (χ1v) is 27.0. The molecule has 0 radical (unpaired) electrons. The first-order chi connectivity index (χ1) is 30.9. The maximum atomic E-state index is 13.2. The standard InChI is InChI=1S/C22H20ClF3NO4PS.C19H16ClNO3.C4H8F3OPS/c1-12-8-9-15(23)17(13(12)2)18-20(31-32(4,33)29-11-22(24,25)26)14(3)19(30-21(18)28)16-7-5-6-10-27-16;1-10-7-8-13(20)15(11(10)2)16-17(22)12(3)18(24-19(16)23)14-6-4-5-9-21-14;1-9(2,10)8-3-4(5,6)7/h5-10H,11H2,1-4H3;4-9,22H,1-3H3;3H2,1-2H3. The zero-order valence-electron chi connectivity index (χ0n) is 37.3. The minimum atomic E-state index is -4.59. The summed E-state index contributed by atoms with van der Waals surface area (Å²) in [6, 6.07) is 17.3. The summed E-state index contributed by atoms with van der Waals surface area (Å²) in [6.45, 7) is 8.66. The number of rotatable bonds is 10. The molecule has 0 spiro atoms. The molecule has 4 aromatic heterocycles. The number of nitrogens with zero attached hydrogens (tertiary/aromatic N) is 2. The topological polar surface area (TPSA) is 134 Å². The van der Waals surface area contributed by atoms with Crippen molar-refractivity contribution in [2.45, 2.75) is 53.9 Å². The van der Waals surface area contributed by atoms with Crippen LogP contribution in [0.1, 0.15) is 33.4 Å². The fourth-order valence-corrected chi connectivity index (χ4v) is 8.63. The van der Waals surface area contributed by atoms with E-state index < -0.39 is 49.6 Å². The number of hydrogen-bond donors (Lipinski definition) is 1. The smallest absolute Gasteiger partial charge is 0.412 e. The predicted octanol–water partition coefficient (Wildman–Crippen LogP) is 13.7. The maximum absolute atomic E-state index is 13.2. The third-order valence-electron chi connectivity index (χ3n) is 9.56. The van der Waals surface area contributed by atoms with Crippen LogP contribution in [0.5, 0.6) is 11.5 Å². The van der Waals surface area contributed by atoms with Gasteiger partial charge in [0.1, 0.15) is 40.6 Å². The molecule has 0 aliphatic heterocycles. The van der Waals surface area contributed by atoms with Gasteiger partial charge in [0.15, 0.2) is 18.1 Å². The summed E-state index contributed by atoms with van der Waals surface area (Å²) in [5, 5.41) is 11.3. The van der Waals surface area contributed by atoms with E-state index in [1.165, 1.54) is 26.2 Å². The van der Waals surface area contributed by atoms with E-state index in [1.807, 2.05) is 26.8 Å². The van der Waals surface area contributed by atoms with Gasteiger partial charge in [0, 0.05) is 51.4 Å². The first-order valence-electron chi connectivity index (χ1n) is 19.6. The number of aromatic nitrogens is 2. The quantitative estimate of drug-likeness (QED) is 0.103. The fraction of sp³-hybridized carbons (Fsp3) is 0.289. The van der Waals surface area contributed by atoms with Crippen molar-refractivity contribution in [1.82, 2.24) is 9.97 Å². The molecule has 6 aromatic rings. The van der Waals surface area contributed by atoms with E-state index in [-0.39, 0.29) is 39.2 Å². The lowest BCUT2D eigenvalue weighted by molar-refractivity contribution is -0.153. The molecule has 1 N–H and O–H groups in total. The summed E-state index contributed by atoms with van der Waals surface area (Å²) in [6.07, 6.45) is -7.88. The van der Waals surface area contributed by atoms with Gasteiger partial charge in [0.25, 0.3) is 0 Å². The minimum Gasteiger partial charge on any atom is -0.507 e. The second-order valence-electron chi connectivity index (χ2n) is 15.2. The first kappa shape index (κ1) is 55.2. The number of pyridine rings is 2. The summed E-state index contributed by atoms with van der Waals surface area (Å²) in [5.41, 5.74) is 4.39. The van der Waals surface area contributed by atoms with Gasteiger partial charge in [-0.2, -0.15) is 26.3 Å². The van der Waals surface area contributed by atoms with Crippen molar-refractivity contribution < 1.29 is 53.9 Å². The van der Waals surface area contributed by atoms with Gasteiger partial charge in [-0.1, -0.05) is 59.3 Å². The van der Waals surface area contributed by atoms with Crippen molar-refractivity contribution in [3.8, 4) is 56.7 Å². The highest BCUT2D eigenvalue weighted by Gasteiger charge is 2.33. The molecule has 0 aliphatic rings. The SMILES string of the molecule is CP(C)(=S)OCC(F)(F)F.Cc1ccc(Cl)c(-c2c(O)c(C)c(-c3ccccn3)oc2=O)c1C.Cc1ccc(Cl)c(-c2c(OP(C)(=S)OCC(F)(F)F)c(C)c(-c3ccccn3)oc2=O)c1C. The van der Waals surface area contributed by atoms with Crippen molar-refractivity contribution >= 4 is 59.6 Å². The largest absolute Gasteiger partial charge is 0.507 e. The van der Waals surface area contributed by atoms with Gasteiger partial charge in [-0.25, -0.2) is 9.59 Å². The van der Waals surface area contributed by atoms with E-state index in [9.17, 15) is 41.0 Å². The van der Waals surface area contributed by atoms with Crippen LogP contribution in [-0.4, -0.2) is 60.6 Å². The third kappa shape index (κ3) is 15.1. The third-order valence-corrected chi connectivity index (χ3v) is 12.9. The van der Waals surface area contributed by atoms with Crippen LogP contribution >= 0.6 is 36.0 Å². The number of alkyl halides is 6. The van der Waals surface area contributed by atoms with Gasteiger partial charge in [0.2, 0.25) is 6.49 Å². The van der Waals surface area contributed by atoms with Crippen molar-refractivity contribution in [1.29, 1.82) is 0 Å². The van der Waals surface area contributed by atoms with E-state index in [0.29, 0.717) is 44.2 Å². The molecule has 2 aromatic carbocycles. The van der Waals surface area contributed by atoms with Crippen molar-refractivity contribution in [3.63, 3.8) is 0 Å². The Hall–Kier alpha value is -4.38. The van der Waals surface area contributed by atoms with Crippen molar-refractivity contribution in [2.24, 2.45) is 0 Å². The molecule has 0 amide bonds. The molecule has 360 valence electrons. The second-order valence-corrected chi connectivity index (χ2v) is 25.4. The molecule has 10 nitrogen and oxygen atoms in total. The average molecular weight is 1050 g/mol. The molecule has 22 heteroatoms. The summed E-state index contributed by atoms with van der Waals surface area (Å²) in [4.78, 5) is 34.2. The fourth-order valence-electron chi connectivity index (χ4n) is 6.04. The number of halogens is 8. The highest BCUT2D eigenvalue weighted by molar-refractivity contribution is 8.11. The Bertz CT molecular complexity index is 2970. The number of aromatic hydroxyl groups is 1. The van der Waals surface area contributed by atoms with Crippen LogP contribution in [0.25, 0.3) is 45.2 Å². The monoisotopic (exact) mass is 1050 g/mol. The van der Waals surface area contributed by atoms with Gasteiger partial charge in [-0.3, -0.25) is 9.97 Å². The molecule has 0 saturated carbocycles. The molecule has 4 heterocycles. The van der Waals surface area contributed by atoms with Crippen LogP contribution in [0, 0.1) is 41.5 Å². The summed E-state index contributed by atoms with van der Waals surface area (Å²) < 4.78 is 98.8. The van der Waals surface area contributed by atoms with Gasteiger partial charge >= 0.3 is 23.6 Å². The van der Waals surface area contributed by atoms with Gasteiger partial charge in [-0.15, -0.1) is 0 Å². The van der Waals surface area contributed by atoms with Crippen LogP contribution in [-0.2, 0) is 32.7 Å². The predicted molar refractivity (Wildman–Crippen MR) is 258 cm³/mol. The lowest BCUT2D eigenvalue weighted by atomic mass is 9.96. The zero-order chi connectivity index (χ0) is 50.4.